The van der Waals surface area contributed by atoms with Gasteiger partial charge in [-0.25, -0.2) is 9.97 Å². The van der Waals surface area contributed by atoms with E-state index in [-0.39, 0.29) is 5.91 Å². The van der Waals surface area contributed by atoms with Crippen LogP contribution >= 0.6 is 0 Å². The third kappa shape index (κ3) is 6.57. The molecule has 172 valence electrons. The average Bonchev–Trinajstić information content (AvgIpc) is 2.84. The summed E-state index contributed by atoms with van der Waals surface area (Å²) >= 11 is 0. The number of carbonyl (C=O) groups is 1. The van der Waals surface area contributed by atoms with E-state index in [1.54, 1.807) is 32.6 Å². The van der Waals surface area contributed by atoms with E-state index >= 15 is 0 Å². The molecular weight excluding hydrogens is 406 g/mol. The Morgan fingerprint density at radius 2 is 1.84 bits per heavy atom. The summed E-state index contributed by atoms with van der Waals surface area (Å²) in [4.78, 5) is 29.4. The fraction of sp³-hybridized carbons (Fsp3) is 0.478. The Bertz CT molecular complexity index is 896. The Balaban J connectivity index is 1.34. The van der Waals surface area contributed by atoms with Crippen molar-refractivity contribution in [3.05, 3.63) is 47.8 Å². The maximum absolute atomic E-state index is 12.6. The molecule has 0 atom stereocenters. The molecular formula is C23H33N7O2. The molecule has 1 aromatic heterocycles. The maximum atomic E-state index is 12.6. The van der Waals surface area contributed by atoms with Gasteiger partial charge in [-0.2, -0.15) is 0 Å². The zero-order chi connectivity index (χ0) is 22.8. The van der Waals surface area contributed by atoms with Crippen molar-refractivity contribution in [1.82, 2.24) is 25.5 Å². The first kappa shape index (κ1) is 23.3. The fourth-order valence-electron chi connectivity index (χ4n) is 3.62. The van der Waals surface area contributed by atoms with E-state index in [2.05, 4.69) is 48.7 Å². The van der Waals surface area contributed by atoms with Gasteiger partial charge in [0, 0.05) is 65.1 Å². The topological polar surface area (TPSA) is 95.0 Å². The summed E-state index contributed by atoms with van der Waals surface area (Å²) in [7, 11) is 3.42. The minimum absolute atomic E-state index is 0.147. The molecule has 1 aliphatic rings. The van der Waals surface area contributed by atoms with Crippen LogP contribution in [0.25, 0.3) is 0 Å². The number of rotatable bonds is 8. The van der Waals surface area contributed by atoms with Gasteiger partial charge in [-0.15, -0.1) is 0 Å². The lowest BCUT2D eigenvalue weighted by Gasteiger charge is -2.34. The molecule has 3 rings (SSSR count). The van der Waals surface area contributed by atoms with Crippen molar-refractivity contribution >= 4 is 17.8 Å². The van der Waals surface area contributed by atoms with Gasteiger partial charge >= 0.3 is 0 Å². The number of nitrogens with one attached hydrogen (secondary N) is 2. The summed E-state index contributed by atoms with van der Waals surface area (Å²) in [6.45, 7) is 6.17. The van der Waals surface area contributed by atoms with Gasteiger partial charge in [0.25, 0.3) is 0 Å². The van der Waals surface area contributed by atoms with Crippen LogP contribution in [0.1, 0.15) is 17.5 Å². The number of aliphatic imine (C=N–C) groups is 1. The summed E-state index contributed by atoms with van der Waals surface area (Å²) in [5, 5.41) is 6.53. The van der Waals surface area contributed by atoms with Gasteiger partial charge in [0.15, 0.2) is 5.96 Å². The van der Waals surface area contributed by atoms with Crippen molar-refractivity contribution < 1.29 is 9.53 Å². The molecule has 1 fully saturated rings. The predicted molar refractivity (Wildman–Crippen MR) is 126 cm³/mol. The molecule has 0 aliphatic carbocycles. The fourth-order valence-corrected chi connectivity index (χ4v) is 3.62. The Hall–Kier alpha value is -3.36. The number of amides is 1. The van der Waals surface area contributed by atoms with Gasteiger partial charge < -0.3 is 25.2 Å². The second kappa shape index (κ2) is 11.9. The van der Waals surface area contributed by atoms with Crippen LogP contribution in [0.3, 0.4) is 0 Å². The van der Waals surface area contributed by atoms with Crippen LogP contribution < -0.4 is 20.3 Å². The van der Waals surface area contributed by atoms with E-state index in [1.807, 2.05) is 11.8 Å². The van der Waals surface area contributed by atoms with E-state index in [1.165, 1.54) is 5.56 Å². The maximum Gasteiger partial charge on any atom is 0.225 e. The van der Waals surface area contributed by atoms with Crippen molar-refractivity contribution in [3.8, 4) is 5.75 Å². The lowest BCUT2D eigenvalue weighted by molar-refractivity contribution is -0.131. The standard InChI is InChI=1S/C23H33N7O2/c1-18-5-6-19(17-20(18)32-3)7-11-25-22(24-2)26-12-8-21(31)29-13-15-30(16-14-29)23-27-9-4-10-28-23/h4-6,9-10,17H,7-8,11-16H2,1-3H3,(H2,24,25,26). The first-order valence-corrected chi connectivity index (χ1v) is 11.0. The SMILES string of the molecule is CN=C(NCCC(=O)N1CCN(c2ncccn2)CC1)NCCc1ccc(C)c(OC)c1. The van der Waals surface area contributed by atoms with Crippen LogP contribution in [-0.4, -0.2) is 80.2 Å². The number of anilines is 1. The molecule has 2 heterocycles. The highest BCUT2D eigenvalue weighted by atomic mass is 16.5. The molecule has 2 aromatic rings. The van der Waals surface area contributed by atoms with Gasteiger partial charge in [0.1, 0.15) is 5.75 Å². The molecule has 1 amide bonds. The number of piperazine rings is 1. The molecule has 1 saturated heterocycles. The molecule has 0 spiro atoms. The van der Waals surface area contributed by atoms with Gasteiger partial charge in [0.2, 0.25) is 11.9 Å². The van der Waals surface area contributed by atoms with Crippen LogP contribution in [0.4, 0.5) is 5.95 Å². The average molecular weight is 440 g/mol. The van der Waals surface area contributed by atoms with Crippen LogP contribution in [0, 0.1) is 6.92 Å². The molecule has 2 N–H and O–H groups in total. The second-order valence-corrected chi connectivity index (χ2v) is 7.65. The molecule has 32 heavy (non-hydrogen) atoms. The van der Waals surface area contributed by atoms with Crippen molar-refractivity contribution in [2.24, 2.45) is 4.99 Å². The zero-order valence-electron chi connectivity index (χ0n) is 19.2. The number of guanidine groups is 1. The van der Waals surface area contributed by atoms with Crippen molar-refractivity contribution in [2.45, 2.75) is 19.8 Å². The van der Waals surface area contributed by atoms with E-state index in [9.17, 15) is 4.79 Å². The van der Waals surface area contributed by atoms with Crippen LogP contribution in [0.5, 0.6) is 5.75 Å². The second-order valence-electron chi connectivity index (χ2n) is 7.65. The van der Waals surface area contributed by atoms with Crippen LogP contribution in [0.15, 0.2) is 41.7 Å². The summed E-state index contributed by atoms with van der Waals surface area (Å²) < 4.78 is 5.39. The Morgan fingerprint density at radius 1 is 1.12 bits per heavy atom. The smallest absolute Gasteiger partial charge is 0.225 e. The number of methoxy groups -OCH3 is 1. The molecule has 1 aliphatic heterocycles. The summed E-state index contributed by atoms with van der Waals surface area (Å²) in [6.07, 6.45) is 4.76. The van der Waals surface area contributed by atoms with E-state index in [0.29, 0.717) is 32.0 Å². The van der Waals surface area contributed by atoms with Crippen molar-refractivity contribution in [1.29, 1.82) is 0 Å². The largest absolute Gasteiger partial charge is 0.496 e. The third-order valence-electron chi connectivity index (χ3n) is 5.50. The number of aryl methyl sites for hydroxylation is 1. The molecule has 0 saturated carbocycles. The van der Waals surface area contributed by atoms with E-state index in [4.69, 9.17) is 4.74 Å². The molecule has 9 nitrogen and oxygen atoms in total. The van der Waals surface area contributed by atoms with E-state index in [0.717, 1.165) is 43.3 Å². The highest BCUT2D eigenvalue weighted by Gasteiger charge is 2.22. The summed E-state index contributed by atoms with van der Waals surface area (Å²) in [5.74, 6) is 2.47. The molecule has 0 radical (unpaired) electrons. The van der Waals surface area contributed by atoms with Crippen molar-refractivity contribution in [2.75, 3.05) is 58.3 Å². The third-order valence-corrected chi connectivity index (χ3v) is 5.50. The molecule has 9 heteroatoms. The monoisotopic (exact) mass is 439 g/mol. The quantitative estimate of drug-likeness (QED) is 0.472. The minimum atomic E-state index is 0.147. The molecule has 0 bridgehead atoms. The Morgan fingerprint density at radius 3 is 2.53 bits per heavy atom. The molecule has 0 unspecified atom stereocenters. The van der Waals surface area contributed by atoms with Crippen LogP contribution in [-0.2, 0) is 11.2 Å². The minimum Gasteiger partial charge on any atom is -0.496 e. The molecule has 1 aromatic carbocycles. The summed E-state index contributed by atoms with van der Waals surface area (Å²) in [6, 6.07) is 8.05. The number of benzene rings is 1. The number of aromatic nitrogens is 2. The van der Waals surface area contributed by atoms with Gasteiger partial charge in [-0.3, -0.25) is 9.79 Å². The van der Waals surface area contributed by atoms with Gasteiger partial charge in [0.05, 0.1) is 7.11 Å². The lowest BCUT2D eigenvalue weighted by atomic mass is 10.1. The van der Waals surface area contributed by atoms with Crippen LogP contribution in [0.2, 0.25) is 0 Å². The Labute approximate surface area is 189 Å². The predicted octanol–water partition coefficient (Wildman–Crippen LogP) is 1.24. The summed E-state index contributed by atoms with van der Waals surface area (Å²) in [5.41, 5.74) is 2.33. The lowest BCUT2D eigenvalue weighted by Crippen LogP contribution is -2.50. The van der Waals surface area contributed by atoms with E-state index < -0.39 is 0 Å². The number of hydrogen-bond acceptors (Lipinski definition) is 6. The zero-order valence-corrected chi connectivity index (χ0v) is 19.2. The number of nitrogens with zero attached hydrogens (tertiary/aromatic N) is 5. The van der Waals surface area contributed by atoms with Gasteiger partial charge in [-0.1, -0.05) is 12.1 Å². The number of carbonyl (C=O) groups excluding carboxylic acids is 1. The highest BCUT2D eigenvalue weighted by Crippen LogP contribution is 2.19. The number of ether oxygens (including phenoxy) is 1. The first-order valence-electron chi connectivity index (χ1n) is 11.0. The normalized spacial score (nSPS) is 14.3. The van der Waals surface area contributed by atoms with Crippen molar-refractivity contribution in [3.63, 3.8) is 0 Å². The highest BCUT2D eigenvalue weighted by molar-refractivity contribution is 5.81. The number of hydrogen-bond donors (Lipinski definition) is 2. The first-order chi connectivity index (χ1) is 15.6. The van der Waals surface area contributed by atoms with Gasteiger partial charge in [-0.05, 0) is 36.6 Å². The Kier molecular flexibility index (Phi) is 8.65.